The van der Waals surface area contributed by atoms with Crippen LogP contribution in [0, 0.1) is 0 Å². The zero-order valence-corrected chi connectivity index (χ0v) is 21.5. The van der Waals surface area contributed by atoms with Gasteiger partial charge in [-0.25, -0.2) is 4.99 Å². The average Bonchev–Trinajstić information content (AvgIpc) is 3.32. The third kappa shape index (κ3) is 7.40. The van der Waals surface area contributed by atoms with Crippen LogP contribution < -0.4 is 10.1 Å². The summed E-state index contributed by atoms with van der Waals surface area (Å²) in [6, 6.07) is 11.5. The third-order valence-corrected chi connectivity index (χ3v) is 5.10. The number of amides is 1. The molecule has 1 aromatic heterocycles. The molecular formula is C23H34IN5O3. The van der Waals surface area contributed by atoms with Crippen LogP contribution in [-0.4, -0.2) is 86.5 Å². The zero-order valence-electron chi connectivity index (χ0n) is 19.1. The number of likely N-dealkylation sites (N-methyl/N-ethyl adjacent to an activating group) is 1. The minimum atomic E-state index is -0.0598. The molecule has 8 nitrogen and oxygen atoms in total. The van der Waals surface area contributed by atoms with E-state index in [2.05, 4.69) is 28.1 Å². The number of carbonyl (C=O) groups excluding carboxylic acids is 1. The second kappa shape index (κ2) is 13.3. The van der Waals surface area contributed by atoms with Gasteiger partial charge in [0.2, 0.25) is 0 Å². The van der Waals surface area contributed by atoms with Gasteiger partial charge in [0, 0.05) is 44.8 Å². The standard InChI is InChI=1S/C23H33N5O3.HI/c1-4-24-23(25-18-19-8-5-6-9-20(19)31-17-15-26(2)3)28-13-11-27(12-14-28)22(29)21-10-7-16-30-21;/h5-10,16H,4,11-15,17-18H2,1-3H3,(H,24,25);1H. The minimum absolute atomic E-state index is 0. The minimum Gasteiger partial charge on any atom is -0.492 e. The van der Waals surface area contributed by atoms with Crippen molar-refractivity contribution in [2.75, 3.05) is 60.0 Å². The molecule has 1 aliphatic heterocycles. The summed E-state index contributed by atoms with van der Waals surface area (Å²) in [7, 11) is 4.06. The van der Waals surface area contributed by atoms with Crippen LogP contribution in [-0.2, 0) is 6.54 Å². The van der Waals surface area contributed by atoms with Gasteiger partial charge in [0.1, 0.15) is 12.4 Å². The first-order valence-electron chi connectivity index (χ1n) is 10.8. The summed E-state index contributed by atoms with van der Waals surface area (Å²) in [4.78, 5) is 23.5. The molecule has 1 fully saturated rings. The predicted octanol–water partition coefficient (Wildman–Crippen LogP) is 2.76. The van der Waals surface area contributed by atoms with Gasteiger partial charge in [0.25, 0.3) is 5.91 Å². The SMILES string of the molecule is CCNC(=NCc1ccccc1OCCN(C)C)N1CCN(C(=O)c2ccco2)CC1.I. The van der Waals surface area contributed by atoms with Gasteiger partial charge >= 0.3 is 0 Å². The number of guanidine groups is 1. The quantitative estimate of drug-likeness (QED) is 0.307. The number of carbonyl (C=O) groups is 1. The summed E-state index contributed by atoms with van der Waals surface area (Å²) >= 11 is 0. The normalized spacial score (nSPS) is 14.3. The van der Waals surface area contributed by atoms with Crippen molar-refractivity contribution < 1.29 is 13.9 Å². The van der Waals surface area contributed by atoms with E-state index in [1.165, 1.54) is 6.26 Å². The van der Waals surface area contributed by atoms with Gasteiger partial charge in [-0.1, -0.05) is 18.2 Å². The van der Waals surface area contributed by atoms with Crippen molar-refractivity contribution in [1.29, 1.82) is 0 Å². The number of rotatable bonds is 8. The highest BCUT2D eigenvalue weighted by Crippen LogP contribution is 2.19. The number of nitrogens with zero attached hydrogens (tertiary/aromatic N) is 4. The first-order valence-corrected chi connectivity index (χ1v) is 10.8. The molecule has 32 heavy (non-hydrogen) atoms. The lowest BCUT2D eigenvalue weighted by molar-refractivity contribution is 0.0657. The second-order valence-corrected chi connectivity index (χ2v) is 7.69. The average molecular weight is 555 g/mol. The Morgan fingerprint density at radius 1 is 1.12 bits per heavy atom. The van der Waals surface area contributed by atoms with Gasteiger partial charge in [-0.15, -0.1) is 24.0 Å². The number of ether oxygens (including phenoxy) is 1. The Bertz CT molecular complexity index is 849. The maximum absolute atomic E-state index is 12.5. The molecule has 0 radical (unpaired) electrons. The molecule has 1 N–H and O–H groups in total. The number of piperazine rings is 1. The highest BCUT2D eigenvalue weighted by Gasteiger charge is 2.25. The number of halogens is 1. The largest absolute Gasteiger partial charge is 0.492 e. The molecule has 0 saturated carbocycles. The molecule has 176 valence electrons. The molecule has 1 aliphatic rings. The van der Waals surface area contributed by atoms with Crippen LogP contribution in [0.25, 0.3) is 0 Å². The monoisotopic (exact) mass is 555 g/mol. The molecule has 0 bridgehead atoms. The summed E-state index contributed by atoms with van der Waals surface area (Å²) < 4.78 is 11.2. The summed E-state index contributed by atoms with van der Waals surface area (Å²) in [5.74, 6) is 2.06. The molecule has 3 rings (SSSR count). The number of para-hydroxylation sites is 1. The first kappa shape index (κ1) is 26.0. The molecule has 0 unspecified atom stereocenters. The Labute approximate surface area is 207 Å². The number of hydrogen-bond donors (Lipinski definition) is 1. The van der Waals surface area contributed by atoms with E-state index in [0.29, 0.717) is 32.0 Å². The van der Waals surface area contributed by atoms with Crippen molar-refractivity contribution in [3.8, 4) is 5.75 Å². The number of hydrogen-bond acceptors (Lipinski definition) is 5. The van der Waals surface area contributed by atoms with Crippen LogP contribution >= 0.6 is 24.0 Å². The Morgan fingerprint density at radius 3 is 2.50 bits per heavy atom. The number of benzene rings is 1. The molecule has 0 aliphatic carbocycles. The number of aliphatic imine (C=N–C) groups is 1. The second-order valence-electron chi connectivity index (χ2n) is 7.69. The summed E-state index contributed by atoms with van der Waals surface area (Å²) in [6.45, 7) is 7.59. The van der Waals surface area contributed by atoms with Crippen LogP contribution in [0.15, 0.2) is 52.1 Å². The number of nitrogens with one attached hydrogen (secondary N) is 1. The maximum atomic E-state index is 12.5. The van der Waals surface area contributed by atoms with Gasteiger partial charge in [0.05, 0.1) is 12.8 Å². The van der Waals surface area contributed by atoms with Crippen LogP contribution in [0.2, 0.25) is 0 Å². The van der Waals surface area contributed by atoms with Crippen molar-refractivity contribution >= 4 is 35.8 Å². The van der Waals surface area contributed by atoms with Crippen LogP contribution in [0.4, 0.5) is 0 Å². The van der Waals surface area contributed by atoms with Crippen molar-refractivity contribution in [2.45, 2.75) is 13.5 Å². The highest BCUT2D eigenvalue weighted by molar-refractivity contribution is 14.0. The molecule has 2 aromatic rings. The topological polar surface area (TPSA) is 73.6 Å². The van der Waals surface area contributed by atoms with E-state index in [4.69, 9.17) is 14.1 Å². The predicted molar refractivity (Wildman–Crippen MR) is 137 cm³/mol. The smallest absolute Gasteiger partial charge is 0.289 e. The Balaban J connectivity index is 0.00000363. The molecule has 2 heterocycles. The van der Waals surface area contributed by atoms with E-state index >= 15 is 0 Å². The van der Waals surface area contributed by atoms with Crippen molar-refractivity contribution in [2.24, 2.45) is 4.99 Å². The number of furan rings is 1. The third-order valence-electron chi connectivity index (χ3n) is 5.10. The Kier molecular flexibility index (Phi) is 10.8. The van der Waals surface area contributed by atoms with E-state index in [9.17, 15) is 4.79 Å². The van der Waals surface area contributed by atoms with E-state index in [-0.39, 0.29) is 29.9 Å². The van der Waals surface area contributed by atoms with Gasteiger partial charge in [-0.3, -0.25) is 4.79 Å². The lowest BCUT2D eigenvalue weighted by Gasteiger charge is -2.36. The van der Waals surface area contributed by atoms with Gasteiger partial charge in [-0.05, 0) is 39.2 Å². The van der Waals surface area contributed by atoms with E-state index in [1.807, 2.05) is 37.2 Å². The molecule has 1 amide bonds. The van der Waals surface area contributed by atoms with E-state index in [0.717, 1.165) is 43.5 Å². The van der Waals surface area contributed by atoms with Crippen LogP contribution in [0.5, 0.6) is 5.75 Å². The lowest BCUT2D eigenvalue weighted by Crippen LogP contribution is -2.53. The molecule has 0 atom stereocenters. The maximum Gasteiger partial charge on any atom is 0.289 e. The fourth-order valence-electron chi connectivity index (χ4n) is 3.38. The fraction of sp³-hybridized carbons (Fsp3) is 0.478. The Hall–Kier alpha value is -2.27. The van der Waals surface area contributed by atoms with Crippen LogP contribution in [0.3, 0.4) is 0 Å². The molecular weight excluding hydrogens is 521 g/mol. The van der Waals surface area contributed by atoms with Gasteiger partial charge < -0.3 is 29.2 Å². The van der Waals surface area contributed by atoms with Crippen LogP contribution in [0.1, 0.15) is 23.0 Å². The fourth-order valence-corrected chi connectivity index (χ4v) is 3.38. The van der Waals surface area contributed by atoms with Gasteiger partial charge in [-0.2, -0.15) is 0 Å². The van der Waals surface area contributed by atoms with Crippen molar-refractivity contribution in [1.82, 2.24) is 20.0 Å². The summed E-state index contributed by atoms with van der Waals surface area (Å²) in [5, 5.41) is 3.38. The van der Waals surface area contributed by atoms with Crippen molar-refractivity contribution in [3.63, 3.8) is 0 Å². The molecule has 9 heteroatoms. The molecule has 0 spiro atoms. The highest BCUT2D eigenvalue weighted by atomic mass is 127. The summed E-state index contributed by atoms with van der Waals surface area (Å²) in [5.41, 5.74) is 1.06. The first-order chi connectivity index (χ1) is 15.1. The van der Waals surface area contributed by atoms with Gasteiger partial charge in [0.15, 0.2) is 11.7 Å². The van der Waals surface area contributed by atoms with E-state index in [1.54, 1.807) is 12.1 Å². The summed E-state index contributed by atoms with van der Waals surface area (Å²) in [6.07, 6.45) is 1.53. The van der Waals surface area contributed by atoms with E-state index < -0.39 is 0 Å². The van der Waals surface area contributed by atoms with Crippen molar-refractivity contribution in [3.05, 3.63) is 54.0 Å². The Morgan fingerprint density at radius 2 is 1.84 bits per heavy atom. The molecule has 1 saturated heterocycles. The molecule has 1 aromatic carbocycles. The lowest BCUT2D eigenvalue weighted by atomic mass is 10.2. The zero-order chi connectivity index (χ0) is 22.1.